The summed E-state index contributed by atoms with van der Waals surface area (Å²) in [6.45, 7) is 4.65. The highest BCUT2D eigenvalue weighted by molar-refractivity contribution is 5.87. The van der Waals surface area contributed by atoms with Gasteiger partial charge in [-0.05, 0) is 43.2 Å². The zero-order valence-electron chi connectivity index (χ0n) is 15.5. The van der Waals surface area contributed by atoms with Gasteiger partial charge in [-0.25, -0.2) is 4.98 Å². The molecule has 2 aliphatic rings. The molecule has 0 N–H and O–H groups in total. The first-order valence-corrected chi connectivity index (χ1v) is 9.31. The van der Waals surface area contributed by atoms with Crippen LogP contribution in [0.4, 0.5) is 5.82 Å². The number of aromatic nitrogens is 1. The van der Waals surface area contributed by atoms with Crippen LogP contribution in [0, 0.1) is 23.7 Å². The molecular formula is C21H24N4O. The number of carbonyl (C=O) groups excluding carboxylic acids is 1. The largest absolute Gasteiger partial charge is 0.355 e. The van der Waals surface area contributed by atoms with Gasteiger partial charge in [0.1, 0.15) is 11.9 Å². The molecule has 2 aliphatic heterocycles. The molecule has 2 saturated heterocycles. The maximum Gasteiger partial charge on any atom is 0.222 e. The molecule has 1 aromatic heterocycles. The number of fused-ring (bicyclic) bond motifs is 1. The van der Waals surface area contributed by atoms with E-state index in [4.69, 9.17) is 4.98 Å². The first kappa shape index (κ1) is 16.8. The van der Waals surface area contributed by atoms with E-state index in [0.29, 0.717) is 12.0 Å². The quantitative estimate of drug-likeness (QED) is 0.794. The molecule has 26 heavy (non-hydrogen) atoms. The van der Waals surface area contributed by atoms with Crippen LogP contribution in [0.15, 0.2) is 24.3 Å². The van der Waals surface area contributed by atoms with Gasteiger partial charge >= 0.3 is 0 Å². The van der Waals surface area contributed by atoms with Crippen LogP contribution >= 0.6 is 0 Å². The average Bonchev–Trinajstić information content (AvgIpc) is 2.66. The highest BCUT2D eigenvalue weighted by Gasteiger charge is 2.40. The number of pyridine rings is 1. The van der Waals surface area contributed by atoms with E-state index in [1.54, 1.807) is 0 Å². The fourth-order valence-electron chi connectivity index (χ4n) is 4.56. The van der Waals surface area contributed by atoms with Crippen molar-refractivity contribution in [2.75, 3.05) is 31.6 Å². The maximum absolute atomic E-state index is 11.8. The summed E-state index contributed by atoms with van der Waals surface area (Å²) < 4.78 is 0. The lowest BCUT2D eigenvalue weighted by molar-refractivity contribution is -0.136. The number of nitrogens with zero attached hydrogens (tertiary/aromatic N) is 4. The van der Waals surface area contributed by atoms with Crippen LogP contribution in [0.25, 0.3) is 10.9 Å². The number of likely N-dealkylation sites (tertiary alicyclic amines) is 1. The van der Waals surface area contributed by atoms with Crippen LogP contribution in [0.3, 0.4) is 0 Å². The minimum Gasteiger partial charge on any atom is -0.355 e. The molecule has 0 bridgehead atoms. The Balaban J connectivity index is 1.62. The van der Waals surface area contributed by atoms with Crippen molar-refractivity contribution in [2.45, 2.75) is 32.6 Å². The predicted octanol–water partition coefficient (Wildman–Crippen LogP) is 3.25. The summed E-state index contributed by atoms with van der Waals surface area (Å²) >= 11 is 0. The smallest absolute Gasteiger partial charge is 0.222 e. The SMILES string of the molecule is Cc1c(C#N)c(N2CCC3(CCC(=O)N(C)C3)CC2)nc2ccccc12. The third-order valence-electron chi connectivity index (χ3n) is 6.24. The van der Waals surface area contributed by atoms with Gasteiger partial charge in [-0.2, -0.15) is 5.26 Å². The molecule has 0 unspecified atom stereocenters. The summed E-state index contributed by atoms with van der Waals surface area (Å²) in [5.74, 6) is 1.08. The van der Waals surface area contributed by atoms with E-state index in [2.05, 4.69) is 11.0 Å². The molecule has 2 aromatic rings. The first-order chi connectivity index (χ1) is 12.5. The van der Waals surface area contributed by atoms with Gasteiger partial charge in [0.05, 0.1) is 11.1 Å². The highest BCUT2D eigenvalue weighted by Crippen LogP contribution is 2.41. The van der Waals surface area contributed by atoms with Crippen molar-refractivity contribution in [3.05, 3.63) is 35.4 Å². The van der Waals surface area contributed by atoms with Gasteiger partial charge in [-0.1, -0.05) is 18.2 Å². The number of hydrogen-bond donors (Lipinski definition) is 0. The monoisotopic (exact) mass is 348 g/mol. The molecule has 1 spiro atoms. The second-order valence-corrected chi connectivity index (χ2v) is 7.80. The second kappa shape index (κ2) is 6.28. The molecule has 0 atom stereocenters. The number of carbonyl (C=O) groups is 1. The fourth-order valence-corrected chi connectivity index (χ4v) is 4.56. The van der Waals surface area contributed by atoms with E-state index in [0.717, 1.165) is 61.2 Å². The number of piperidine rings is 2. The summed E-state index contributed by atoms with van der Waals surface area (Å²) in [4.78, 5) is 20.8. The van der Waals surface area contributed by atoms with E-state index >= 15 is 0 Å². The fraction of sp³-hybridized carbons (Fsp3) is 0.476. The number of nitriles is 1. The molecule has 0 aliphatic carbocycles. The summed E-state index contributed by atoms with van der Waals surface area (Å²) in [6.07, 6.45) is 3.73. The van der Waals surface area contributed by atoms with Crippen molar-refractivity contribution >= 4 is 22.6 Å². The van der Waals surface area contributed by atoms with Gasteiger partial charge < -0.3 is 9.80 Å². The van der Waals surface area contributed by atoms with E-state index in [9.17, 15) is 10.1 Å². The topological polar surface area (TPSA) is 60.2 Å². The van der Waals surface area contributed by atoms with Crippen LogP contribution in [0.5, 0.6) is 0 Å². The molecular weight excluding hydrogens is 324 g/mol. The predicted molar refractivity (Wildman–Crippen MR) is 102 cm³/mol. The van der Waals surface area contributed by atoms with Crippen LogP contribution in [-0.2, 0) is 4.79 Å². The standard InChI is InChI=1S/C21H24N4O/c1-15-16-5-3-4-6-18(16)23-20(17(15)13-22)25-11-9-21(10-12-25)8-7-19(26)24(2)14-21/h3-6H,7-12,14H2,1-2H3. The Morgan fingerprint density at radius 1 is 1.19 bits per heavy atom. The van der Waals surface area contributed by atoms with Gasteiger partial charge in [-0.15, -0.1) is 0 Å². The lowest BCUT2D eigenvalue weighted by Crippen LogP contribution is -2.50. The van der Waals surface area contributed by atoms with Crippen molar-refractivity contribution < 1.29 is 4.79 Å². The Morgan fingerprint density at radius 2 is 1.92 bits per heavy atom. The van der Waals surface area contributed by atoms with Crippen molar-refractivity contribution in [1.82, 2.24) is 9.88 Å². The zero-order chi connectivity index (χ0) is 18.3. The molecule has 3 heterocycles. The van der Waals surface area contributed by atoms with Gasteiger partial charge in [-0.3, -0.25) is 4.79 Å². The molecule has 0 saturated carbocycles. The van der Waals surface area contributed by atoms with Gasteiger partial charge in [0.25, 0.3) is 0 Å². The molecule has 4 rings (SSSR count). The normalized spacial score (nSPS) is 19.8. The Labute approximate surface area is 154 Å². The number of amides is 1. The van der Waals surface area contributed by atoms with Crippen molar-refractivity contribution in [3.8, 4) is 6.07 Å². The third-order valence-corrected chi connectivity index (χ3v) is 6.24. The lowest BCUT2D eigenvalue weighted by atomic mass is 9.72. The van der Waals surface area contributed by atoms with Crippen LogP contribution in [0.1, 0.15) is 36.8 Å². The van der Waals surface area contributed by atoms with Crippen LogP contribution in [-0.4, -0.2) is 42.5 Å². The van der Waals surface area contributed by atoms with E-state index in [1.165, 1.54) is 0 Å². The Bertz CT molecular complexity index is 906. The number of anilines is 1. The van der Waals surface area contributed by atoms with E-state index in [1.807, 2.05) is 43.1 Å². The summed E-state index contributed by atoms with van der Waals surface area (Å²) in [6, 6.07) is 10.4. The van der Waals surface area contributed by atoms with Gasteiger partial charge in [0.2, 0.25) is 5.91 Å². The summed E-state index contributed by atoms with van der Waals surface area (Å²) in [7, 11) is 1.91. The molecule has 0 radical (unpaired) electrons. The van der Waals surface area contributed by atoms with Crippen molar-refractivity contribution in [1.29, 1.82) is 5.26 Å². The molecule has 134 valence electrons. The molecule has 1 aromatic carbocycles. The molecule has 5 nitrogen and oxygen atoms in total. The number of rotatable bonds is 1. The Kier molecular flexibility index (Phi) is 4.07. The summed E-state index contributed by atoms with van der Waals surface area (Å²) in [5, 5.41) is 10.8. The van der Waals surface area contributed by atoms with Crippen molar-refractivity contribution in [3.63, 3.8) is 0 Å². The lowest BCUT2D eigenvalue weighted by Gasteiger charge is -2.47. The van der Waals surface area contributed by atoms with Gasteiger partial charge in [0, 0.05) is 38.5 Å². The number of aryl methyl sites for hydroxylation is 1. The van der Waals surface area contributed by atoms with Crippen LogP contribution in [0.2, 0.25) is 0 Å². The Morgan fingerprint density at radius 3 is 2.62 bits per heavy atom. The number of hydrogen-bond acceptors (Lipinski definition) is 4. The molecule has 5 heteroatoms. The number of benzene rings is 1. The van der Waals surface area contributed by atoms with Crippen molar-refractivity contribution in [2.24, 2.45) is 5.41 Å². The Hall–Kier alpha value is -2.61. The van der Waals surface area contributed by atoms with Crippen LogP contribution < -0.4 is 4.90 Å². The minimum absolute atomic E-state index is 0.234. The highest BCUT2D eigenvalue weighted by atomic mass is 16.2. The van der Waals surface area contributed by atoms with E-state index < -0.39 is 0 Å². The summed E-state index contributed by atoms with van der Waals surface area (Å²) in [5.41, 5.74) is 2.88. The third kappa shape index (κ3) is 2.70. The molecule has 1 amide bonds. The zero-order valence-corrected chi connectivity index (χ0v) is 15.5. The number of para-hydroxylation sites is 1. The average molecular weight is 348 g/mol. The maximum atomic E-state index is 11.8. The second-order valence-electron chi connectivity index (χ2n) is 7.80. The first-order valence-electron chi connectivity index (χ1n) is 9.31. The molecule has 2 fully saturated rings. The van der Waals surface area contributed by atoms with E-state index in [-0.39, 0.29) is 11.3 Å². The minimum atomic E-state index is 0.234. The van der Waals surface area contributed by atoms with Gasteiger partial charge in [0.15, 0.2) is 0 Å².